The van der Waals surface area contributed by atoms with Crippen molar-refractivity contribution in [2.24, 2.45) is 0 Å². The van der Waals surface area contributed by atoms with Crippen molar-refractivity contribution in [2.45, 2.75) is 31.7 Å². The fraction of sp³-hybridized carbons (Fsp3) is 0.857. The van der Waals surface area contributed by atoms with Crippen LogP contribution in [0.4, 0.5) is 0 Å². The second-order valence-electron chi connectivity index (χ2n) is 3.13. The van der Waals surface area contributed by atoms with Crippen LogP contribution in [0.5, 0.6) is 0 Å². The molecule has 0 aromatic heterocycles. The minimum Gasteiger partial charge on any atom is -0.298 e. The maximum Gasteiger partial charge on any atom is 0.147 e. The van der Waals surface area contributed by atoms with Gasteiger partial charge in [-0.15, -0.1) is 11.8 Å². The van der Waals surface area contributed by atoms with Crippen molar-refractivity contribution >= 4 is 17.5 Å². The van der Waals surface area contributed by atoms with Crippen LogP contribution in [0, 0.1) is 0 Å². The van der Waals surface area contributed by atoms with E-state index in [1.54, 1.807) is 18.7 Å². The van der Waals surface area contributed by atoms with E-state index in [1.165, 1.54) is 0 Å². The molecule has 58 valence electrons. The SMILES string of the molecule is CC(=O)[C@H]1CSC(C)(C)N1. The number of carbonyl (C=O) groups excluding carboxylic acids is 1. The van der Waals surface area contributed by atoms with Crippen molar-refractivity contribution in [1.82, 2.24) is 5.32 Å². The quantitative estimate of drug-likeness (QED) is 0.619. The minimum atomic E-state index is 0.0833. The summed E-state index contributed by atoms with van der Waals surface area (Å²) in [6.45, 7) is 5.83. The monoisotopic (exact) mass is 159 g/mol. The Balaban J connectivity index is 2.51. The van der Waals surface area contributed by atoms with Crippen LogP contribution in [0.1, 0.15) is 20.8 Å². The number of rotatable bonds is 1. The maximum atomic E-state index is 10.9. The van der Waals surface area contributed by atoms with Gasteiger partial charge in [0.15, 0.2) is 0 Å². The van der Waals surface area contributed by atoms with Gasteiger partial charge in [-0.05, 0) is 20.8 Å². The average Bonchev–Trinajstić information content (AvgIpc) is 2.10. The van der Waals surface area contributed by atoms with Gasteiger partial charge < -0.3 is 0 Å². The molecule has 1 N–H and O–H groups in total. The molecule has 0 aliphatic carbocycles. The molecule has 1 rings (SSSR count). The summed E-state index contributed by atoms with van der Waals surface area (Å²) in [5.41, 5.74) is 0. The lowest BCUT2D eigenvalue weighted by atomic mass is 10.2. The molecule has 0 saturated carbocycles. The first-order valence-corrected chi connectivity index (χ1v) is 4.42. The smallest absolute Gasteiger partial charge is 0.147 e. The highest BCUT2D eigenvalue weighted by atomic mass is 32.2. The number of nitrogens with one attached hydrogen (secondary N) is 1. The molecule has 10 heavy (non-hydrogen) atoms. The lowest BCUT2D eigenvalue weighted by Crippen LogP contribution is -2.40. The lowest BCUT2D eigenvalue weighted by molar-refractivity contribution is -0.118. The fourth-order valence-electron chi connectivity index (χ4n) is 1.01. The van der Waals surface area contributed by atoms with Gasteiger partial charge in [0, 0.05) is 5.75 Å². The molecule has 0 aromatic carbocycles. The molecule has 1 heterocycles. The average molecular weight is 159 g/mol. The fourth-order valence-corrected chi connectivity index (χ4v) is 2.14. The molecule has 0 aromatic rings. The number of hydrogen-bond donors (Lipinski definition) is 1. The first kappa shape index (κ1) is 8.08. The van der Waals surface area contributed by atoms with E-state index in [4.69, 9.17) is 0 Å². The molecular formula is C7H13NOS. The Bertz CT molecular complexity index is 156. The molecule has 2 nitrogen and oxygen atoms in total. The van der Waals surface area contributed by atoms with E-state index < -0.39 is 0 Å². The predicted octanol–water partition coefficient (Wildman–Crippen LogP) is 1.02. The van der Waals surface area contributed by atoms with Crippen LogP contribution in [-0.2, 0) is 4.79 Å². The van der Waals surface area contributed by atoms with Crippen molar-refractivity contribution < 1.29 is 4.79 Å². The van der Waals surface area contributed by atoms with Gasteiger partial charge in [0.25, 0.3) is 0 Å². The third kappa shape index (κ3) is 1.73. The van der Waals surface area contributed by atoms with Crippen LogP contribution in [-0.4, -0.2) is 22.4 Å². The number of hydrogen-bond acceptors (Lipinski definition) is 3. The van der Waals surface area contributed by atoms with Crippen LogP contribution >= 0.6 is 11.8 Å². The summed E-state index contributed by atoms with van der Waals surface area (Å²) >= 11 is 1.80. The molecule has 1 aliphatic heterocycles. The number of Topliss-reactive ketones (excluding diaryl/α,β-unsaturated/α-hetero) is 1. The molecule has 1 saturated heterocycles. The van der Waals surface area contributed by atoms with Crippen molar-refractivity contribution in [3.05, 3.63) is 0 Å². The molecule has 0 unspecified atom stereocenters. The molecule has 0 radical (unpaired) electrons. The van der Waals surface area contributed by atoms with E-state index in [1.807, 2.05) is 0 Å². The number of carbonyl (C=O) groups is 1. The molecule has 1 atom stereocenters. The van der Waals surface area contributed by atoms with Crippen molar-refractivity contribution in [2.75, 3.05) is 5.75 Å². The first-order valence-electron chi connectivity index (χ1n) is 3.43. The normalized spacial score (nSPS) is 30.5. The highest BCUT2D eigenvalue weighted by Crippen LogP contribution is 2.29. The van der Waals surface area contributed by atoms with Gasteiger partial charge in [0.2, 0.25) is 0 Å². The Morgan fingerprint density at radius 1 is 1.70 bits per heavy atom. The van der Waals surface area contributed by atoms with Gasteiger partial charge in [0.1, 0.15) is 5.78 Å². The molecule has 3 heteroatoms. The predicted molar refractivity (Wildman–Crippen MR) is 44.1 cm³/mol. The maximum absolute atomic E-state index is 10.9. The van der Waals surface area contributed by atoms with E-state index in [0.29, 0.717) is 0 Å². The summed E-state index contributed by atoms with van der Waals surface area (Å²) in [5.74, 6) is 1.17. The molecular weight excluding hydrogens is 146 g/mol. The van der Waals surface area contributed by atoms with Crippen LogP contribution in [0.2, 0.25) is 0 Å². The van der Waals surface area contributed by atoms with E-state index in [9.17, 15) is 4.79 Å². The van der Waals surface area contributed by atoms with Gasteiger partial charge in [-0.2, -0.15) is 0 Å². The molecule has 0 spiro atoms. The van der Waals surface area contributed by atoms with E-state index in [2.05, 4.69) is 19.2 Å². The highest BCUT2D eigenvalue weighted by molar-refractivity contribution is 8.00. The van der Waals surface area contributed by atoms with E-state index in [-0.39, 0.29) is 16.7 Å². The molecule has 1 fully saturated rings. The Labute approximate surface area is 65.8 Å². The Morgan fingerprint density at radius 2 is 2.30 bits per heavy atom. The van der Waals surface area contributed by atoms with Crippen LogP contribution < -0.4 is 5.32 Å². The standard InChI is InChI=1S/C7H13NOS/c1-5(9)6-4-10-7(2,3)8-6/h6,8H,4H2,1-3H3/t6-/m1/s1. The largest absolute Gasteiger partial charge is 0.298 e. The van der Waals surface area contributed by atoms with Gasteiger partial charge in [-0.3, -0.25) is 10.1 Å². The number of thioether (sulfide) groups is 1. The van der Waals surface area contributed by atoms with E-state index in [0.717, 1.165) is 5.75 Å². The van der Waals surface area contributed by atoms with Crippen LogP contribution in [0.3, 0.4) is 0 Å². The Hall–Kier alpha value is -0.0200. The van der Waals surface area contributed by atoms with Crippen LogP contribution in [0.15, 0.2) is 0 Å². The summed E-state index contributed by atoms with van der Waals surface area (Å²) in [5, 5.41) is 3.24. The van der Waals surface area contributed by atoms with Crippen molar-refractivity contribution in [1.29, 1.82) is 0 Å². The molecule has 1 aliphatic rings. The lowest BCUT2D eigenvalue weighted by Gasteiger charge is -2.17. The summed E-state index contributed by atoms with van der Waals surface area (Å²) in [7, 11) is 0. The summed E-state index contributed by atoms with van der Waals surface area (Å²) in [4.78, 5) is 11.0. The highest BCUT2D eigenvalue weighted by Gasteiger charge is 2.32. The van der Waals surface area contributed by atoms with Gasteiger partial charge >= 0.3 is 0 Å². The molecule has 0 amide bonds. The van der Waals surface area contributed by atoms with Gasteiger partial charge in [-0.25, -0.2) is 0 Å². The van der Waals surface area contributed by atoms with Crippen LogP contribution in [0.25, 0.3) is 0 Å². The summed E-state index contributed by atoms with van der Waals surface area (Å²) in [6.07, 6.45) is 0. The third-order valence-corrected chi connectivity index (χ3v) is 2.96. The second-order valence-corrected chi connectivity index (χ2v) is 4.77. The third-order valence-electron chi connectivity index (χ3n) is 1.62. The summed E-state index contributed by atoms with van der Waals surface area (Å²) < 4.78 is 0. The zero-order chi connectivity index (χ0) is 7.78. The van der Waals surface area contributed by atoms with Gasteiger partial charge in [0.05, 0.1) is 10.9 Å². The van der Waals surface area contributed by atoms with Crippen molar-refractivity contribution in [3.63, 3.8) is 0 Å². The second kappa shape index (κ2) is 2.55. The zero-order valence-electron chi connectivity index (χ0n) is 6.60. The number of ketones is 1. The first-order chi connectivity index (χ1) is 4.51. The Morgan fingerprint density at radius 3 is 2.50 bits per heavy atom. The minimum absolute atomic E-state index is 0.0833. The molecule has 0 bridgehead atoms. The van der Waals surface area contributed by atoms with Gasteiger partial charge in [-0.1, -0.05) is 0 Å². The topological polar surface area (TPSA) is 29.1 Å². The zero-order valence-corrected chi connectivity index (χ0v) is 7.42. The Kier molecular flexibility index (Phi) is 2.06. The van der Waals surface area contributed by atoms with E-state index >= 15 is 0 Å². The summed E-state index contributed by atoms with van der Waals surface area (Å²) in [6, 6.07) is 0.0833. The van der Waals surface area contributed by atoms with Crippen molar-refractivity contribution in [3.8, 4) is 0 Å².